The lowest BCUT2D eigenvalue weighted by Crippen LogP contribution is -2.37. The summed E-state index contributed by atoms with van der Waals surface area (Å²) < 4.78 is 10.7. The van der Waals surface area contributed by atoms with Crippen molar-refractivity contribution in [2.24, 2.45) is 11.0 Å². The molecule has 2 aliphatic rings. The molecule has 0 bridgehead atoms. The molecule has 2 aliphatic heterocycles. The van der Waals surface area contributed by atoms with Gasteiger partial charge in [0, 0.05) is 31.9 Å². The maximum absolute atomic E-state index is 5.48. The number of nitrogens with zero attached hydrogens (tertiary/aromatic N) is 1. The van der Waals surface area contributed by atoms with Crippen molar-refractivity contribution >= 4 is 23.5 Å². The third-order valence-corrected chi connectivity index (χ3v) is 3.17. The van der Waals surface area contributed by atoms with Crippen LogP contribution in [0.15, 0.2) is 5.10 Å². The average molecular weight is 257 g/mol. The minimum atomic E-state index is 0.293. The van der Waals surface area contributed by atoms with Crippen LogP contribution >= 0.6 is 12.2 Å². The smallest absolute Gasteiger partial charge is 0.187 e. The second kappa shape index (κ2) is 6.88. The normalized spacial score (nSPS) is 28.7. The summed E-state index contributed by atoms with van der Waals surface area (Å²) in [5.74, 6) is 0.420. The molecule has 0 aromatic heterocycles. The average Bonchev–Trinajstić information content (AvgIpc) is 2.99. The third-order valence-electron chi connectivity index (χ3n) is 2.93. The summed E-state index contributed by atoms with van der Waals surface area (Å²) in [6.45, 7) is 3.22. The van der Waals surface area contributed by atoms with Gasteiger partial charge in [-0.15, -0.1) is 0 Å². The highest BCUT2D eigenvalue weighted by atomic mass is 32.1. The Morgan fingerprint density at radius 1 is 1.41 bits per heavy atom. The highest BCUT2D eigenvalue weighted by Gasteiger charge is 2.15. The molecular formula is C11H19N3O2S. The number of hydrazone groups is 1. The van der Waals surface area contributed by atoms with Crippen molar-refractivity contribution in [3.05, 3.63) is 0 Å². The molecule has 0 amide bonds. The summed E-state index contributed by atoms with van der Waals surface area (Å²) >= 11 is 5.11. The van der Waals surface area contributed by atoms with Crippen molar-refractivity contribution in [1.29, 1.82) is 0 Å². The van der Waals surface area contributed by atoms with E-state index in [0.29, 0.717) is 17.1 Å². The zero-order chi connectivity index (χ0) is 11.9. The molecule has 2 rings (SSSR count). The zero-order valence-electron chi connectivity index (χ0n) is 9.85. The molecule has 0 aromatic rings. The number of hydrogen-bond acceptors (Lipinski definition) is 4. The summed E-state index contributed by atoms with van der Waals surface area (Å²) in [6.07, 6.45) is 5.46. The Labute approximate surface area is 107 Å². The summed E-state index contributed by atoms with van der Waals surface area (Å²) in [7, 11) is 0. The van der Waals surface area contributed by atoms with Crippen molar-refractivity contribution in [1.82, 2.24) is 10.7 Å². The third kappa shape index (κ3) is 4.57. The van der Waals surface area contributed by atoms with E-state index in [-0.39, 0.29) is 0 Å². The minimum Gasteiger partial charge on any atom is -0.381 e. The largest absolute Gasteiger partial charge is 0.381 e. The van der Waals surface area contributed by atoms with Crippen LogP contribution in [0.4, 0.5) is 0 Å². The molecule has 0 saturated carbocycles. The predicted molar refractivity (Wildman–Crippen MR) is 70.1 cm³/mol. The molecule has 17 heavy (non-hydrogen) atoms. The number of nitrogens with one attached hydrogen (secondary N) is 2. The van der Waals surface area contributed by atoms with Crippen LogP contribution in [0.5, 0.6) is 0 Å². The molecule has 0 spiro atoms. The monoisotopic (exact) mass is 257 g/mol. The maximum atomic E-state index is 5.48. The van der Waals surface area contributed by atoms with Gasteiger partial charge in [0.05, 0.1) is 12.7 Å². The Morgan fingerprint density at radius 2 is 2.35 bits per heavy atom. The summed E-state index contributed by atoms with van der Waals surface area (Å²) in [5.41, 5.74) is 2.81. The fourth-order valence-corrected chi connectivity index (χ4v) is 2.06. The fraction of sp³-hybridized carbons (Fsp3) is 0.818. The Hall–Kier alpha value is -0.720. The van der Waals surface area contributed by atoms with Gasteiger partial charge in [-0.2, -0.15) is 5.10 Å². The molecule has 2 N–H and O–H groups in total. The van der Waals surface area contributed by atoms with E-state index in [1.165, 1.54) is 0 Å². The van der Waals surface area contributed by atoms with Gasteiger partial charge in [-0.3, -0.25) is 5.43 Å². The van der Waals surface area contributed by atoms with Gasteiger partial charge >= 0.3 is 0 Å². The van der Waals surface area contributed by atoms with Crippen LogP contribution in [0.2, 0.25) is 0 Å². The number of ether oxygens (including phenoxy) is 2. The zero-order valence-corrected chi connectivity index (χ0v) is 10.7. The van der Waals surface area contributed by atoms with E-state index in [2.05, 4.69) is 15.8 Å². The molecule has 6 heteroatoms. The highest BCUT2D eigenvalue weighted by molar-refractivity contribution is 7.80. The van der Waals surface area contributed by atoms with Gasteiger partial charge in [-0.25, -0.2) is 0 Å². The first-order valence-corrected chi connectivity index (χ1v) is 6.52. The van der Waals surface area contributed by atoms with Crippen LogP contribution in [-0.2, 0) is 9.47 Å². The van der Waals surface area contributed by atoms with Crippen LogP contribution in [0, 0.1) is 5.92 Å². The van der Waals surface area contributed by atoms with E-state index in [4.69, 9.17) is 21.7 Å². The van der Waals surface area contributed by atoms with Gasteiger partial charge < -0.3 is 14.8 Å². The molecule has 2 saturated heterocycles. The van der Waals surface area contributed by atoms with Gasteiger partial charge in [-0.1, -0.05) is 0 Å². The van der Waals surface area contributed by atoms with Gasteiger partial charge in [0.15, 0.2) is 5.11 Å². The van der Waals surface area contributed by atoms with Crippen LogP contribution < -0.4 is 10.7 Å². The maximum Gasteiger partial charge on any atom is 0.187 e. The van der Waals surface area contributed by atoms with Crippen LogP contribution in [-0.4, -0.2) is 43.8 Å². The lowest BCUT2D eigenvalue weighted by molar-refractivity contribution is 0.114. The summed E-state index contributed by atoms with van der Waals surface area (Å²) in [5, 5.41) is 7.75. The van der Waals surface area contributed by atoms with Crippen LogP contribution in [0.1, 0.15) is 19.3 Å². The van der Waals surface area contributed by atoms with Crippen LogP contribution in [0.3, 0.4) is 0 Å². The Balaban J connectivity index is 1.56. The van der Waals surface area contributed by atoms with Crippen molar-refractivity contribution in [2.75, 3.05) is 26.4 Å². The quantitative estimate of drug-likeness (QED) is 0.440. The molecule has 0 unspecified atom stereocenters. The van der Waals surface area contributed by atoms with E-state index in [1.807, 2.05) is 6.21 Å². The lowest BCUT2D eigenvalue weighted by atomic mass is 10.1. The number of thiocarbonyl (C=S) groups is 1. The lowest BCUT2D eigenvalue weighted by Gasteiger charge is -2.11. The first kappa shape index (κ1) is 12.7. The summed E-state index contributed by atoms with van der Waals surface area (Å²) in [6, 6.07) is 0. The van der Waals surface area contributed by atoms with Gasteiger partial charge in [0.2, 0.25) is 0 Å². The second-order valence-corrected chi connectivity index (χ2v) is 4.77. The first-order valence-electron chi connectivity index (χ1n) is 6.11. The fourth-order valence-electron chi connectivity index (χ4n) is 1.92. The van der Waals surface area contributed by atoms with Crippen LogP contribution in [0.25, 0.3) is 0 Å². The van der Waals surface area contributed by atoms with Gasteiger partial charge in [-0.05, 0) is 31.5 Å². The molecule has 96 valence electrons. The SMILES string of the molecule is S=C(NC[C@H]1CCCO1)NN=C[C@@H]1CCOC1. The Kier molecular flexibility index (Phi) is 5.15. The minimum absolute atomic E-state index is 0.293. The second-order valence-electron chi connectivity index (χ2n) is 4.36. The standard InChI is InChI=1S/C11H19N3O2S/c17-11(12-7-10-2-1-4-16-10)14-13-6-9-3-5-15-8-9/h6,9-10H,1-5,7-8H2,(H2,12,14,17)/t9-,10+/m0/s1. The summed E-state index contributed by atoms with van der Waals surface area (Å²) in [4.78, 5) is 0. The molecule has 0 aromatic carbocycles. The van der Waals surface area contributed by atoms with E-state index in [0.717, 1.165) is 45.6 Å². The van der Waals surface area contributed by atoms with Gasteiger partial charge in [0.25, 0.3) is 0 Å². The number of hydrogen-bond donors (Lipinski definition) is 2. The molecular weight excluding hydrogens is 238 g/mol. The molecule has 5 nitrogen and oxygen atoms in total. The van der Waals surface area contributed by atoms with Gasteiger partial charge in [0.1, 0.15) is 0 Å². The van der Waals surface area contributed by atoms with Crippen molar-refractivity contribution in [2.45, 2.75) is 25.4 Å². The van der Waals surface area contributed by atoms with E-state index >= 15 is 0 Å². The molecule has 2 atom stereocenters. The predicted octanol–water partition coefficient (Wildman–Crippen LogP) is 0.652. The number of rotatable bonds is 4. The topological polar surface area (TPSA) is 54.9 Å². The molecule has 2 heterocycles. The van der Waals surface area contributed by atoms with E-state index in [9.17, 15) is 0 Å². The van der Waals surface area contributed by atoms with Crippen molar-refractivity contribution in [3.8, 4) is 0 Å². The van der Waals surface area contributed by atoms with Crippen molar-refractivity contribution < 1.29 is 9.47 Å². The van der Waals surface area contributed by atoms with E-state index in [1.54, 1.807) is 0 Å². The first-order chi connectivity index (χ1) is 8.34. The Bertz CT molecular complexity index is 274. The Morgan fingerprint density at radius 3 is 3.06 bits per heavy atom. The molecule has 0 aliphatic carbocycles. The molecule has 2 fully saturated rings. The van der Waals surface area contributed by atoms with E-state index < -0.39 is 0 Å². The van der Waals surface area contributed by atoms with Crippen molar-refractivity contribution in [3.63, 3.8) is 0 Å². The highest BCUT2D eigenvalue weighted by Crippen LogP contribution is 2.10. The molecule has 0 radical (unpaired) electrons.